The summed E-state index contributed by atoms with van der Waals surface area (Å²) >= 11 is 1.89. The third kappa shape index (κ3) is 2.86. The summed E-state index contributed by atoms with van der Waals surface area (Å²) in [6.07, 6.45) is 5.17. The van der Waals surface area contributed by atoms with Crippen LogP contribution in [0.5, 0.6) is 0 Å². The van der Waals surface area contributed by atoms with Crippen LogP contribution in [-0.2, 0) is 23.3 Å². The van der Waals surface area contributed by atoms with Gasteiger partial charge in [-0.05, 0) is 30.4 Å². The first kappa shape index (κ1) is 17.9. The number of fused-ring (bicyclic) bond motifs is 3. The van der Waals surface area contributed by atoms with Gasteiger partial charge in [-0.25, -0.2) is 4.98 Å². The minimum absolute atomic E-state index is 0.225. The number of carbonyl (C=O) groups is 1. The molecule has 0 saturated carbocycles. The first-order valence-electron chi connectivity index (χ1n) is 10.2. The Hall–Kier alpha value is -2.18. The molecule has 1 N–H and O–H groups in total. The zero-order valence-electron chi connectivity index (χ0n) is 16.3. The number of rotatable bonds is 3. The molecule has 1 saturated heterocycles. The first-order chi connectivity index (χ1) is 13.7. The Labute approximate surface area is 169 Å². The van der Waals surface area contributed by atoms with Crippen LogP contribution in [0.25, 0.3) is 10.1 Å². The van der Waals surface area contributed by atoms with Crippen molar-refractivity contribution in [2.45, 2.75) is 44.7 Å². The van der Waals surface area contributed by atoms with E-state index in [2.05, 4.69) is 50.1 Å². The second kappa shape index (κ2) is 7.01. The Kier molecular flexibility index (Phi) is 4.48. The largest absolute Gasteiger partial charge is 0.348 e. The predicted octanol–water partition coefficient (Wildman–Crippen LogP) is 3.91. The maximum absolute atomic E-state index is 12.7. The molecule has 146 valence electrons. The molecule has 0 radical (unpaired) electrons. The second-order valence-corrected chi connectivity index (χ2v) is 9.11. The van der Waals surface area contributed by atoms with E-state index in [1.165, 1.54) is 20.7 Å². The third-order valence-electron chi connectivity index (χ3n) is 6.40. The van der Waals surface area contributed by atoms with Gasteiger partial charge >= 0.3 is 0 Å². The second-order valence-electron chi connectivity index (χ2n) is 7.94. The van der Waals surface area contributed by atoms with Gasteiger partial charge in [-0.1, -0.05) is 25.1 Å². The van der Waals surface area contributed by atoms with E-state index in [0.717, 1.165) is 51.1 Å². The van der Waals surface area contributed by atoms with E-state index in [1.54, 1.807) is 6.33 Å². The fourth-order valence-corrected chi connectivity index (χ4v) is 6.06. The molecular formula is C22H26N4OS. The van der Waals surface area contributed by atoms with Crippen molar-refractivity contribution in [2.75, 3.05) is 19.6 Å². The molecule has 6 heteroatoms. The van der Waals surface area contributed by atoms with E-state index >= 15 is 0 Å². The summed E-state index contributed by atoms with van der Waals surface area (Å²) < 4.78 is 1.36. The molecule has 0 bridgehead atoms. The molecule has 5 rings (SSSR count). The number of likely N-dealkylation sites (tertiary alicyclic amines) is 1. The highest BCUT2D eigenvalue weighted by molar-refractivity contribution is 7.19. The van der Waals surface area contributed by atoms with Gasteiger partial charge in [0.1, 0.15) is 0 Å². The molecule has 1 amide bonds. The quantitative estimate of drug-likeness (QED) is 0.733. The monoisotopic (exact) mass is 394 g/mol. The molecule has 1 spiro atoms. The summed E-state index contributed by atoms with van der Waals surface area (Å²) in [6, 6.07) is 10.9. The Morgan fingerprint density at radius 3 is 2.86 bits per heavy atom. The number of thiophene rings is 1. The maximum Gasteiger partial charge on any atom is 0.223 e. The van der Waals surface area contributed by atoms with Crippen molar-refractivity contribution in [1.29, 1.82) is 0 Å². The Bertz CT molecular complexity index is 966. The molecule has 1 aromatic carbocycles. The van der Waals surface area contributed by atoms with E-state index in [1.807, 2.05) is 18.3 Å². The molecule has 0 unspecified atom stereocenters. The molecule has 28 heavy (non-hydrogen) atoms. The van der Waals surface area contributed by atoms with Crippen LogP contribution < -0.4 is 0 Å². The number of nitrogens with one attached hydrogen (secondary N) is 1. The van der Waals surface area contributed by atoms with E-state index < -0.39 is 0 Å². The van der Waals surface area contributed by atoms with Gasteiger partial charge in [0.2, 0.25) is 5.91 Å². The lowest BCUT2D eigenvalue weighted by Crippen LogP contribution is -2.58. The lowest BCUT2D eigenvalue weighted by molar-refractivity contribution is -0.141. The van der Waals surface area contributed by atoms with Crippen molar-refractivity contribution in [3.8, 4) is 0 Å². The van der Waals surface area contributed by atoms with Gasteiger partial charge in [-0.15, -0.1) is 11.3 Å². The number of aromatic nitrogens is 2. The molecule has 2 aromatic heterocycles. The number of piperidine rings is 1. The van der Waals surface area contributed by atoms with Crippen molar-refractivity contribution in [3.05, 3.63) is 52.9 Å². The van der Waals surface area contributed by atoms with Gasteiger partial charge < -0.3 is 9.88 Å². The average molecular weight is 395 g/mol. The number of amides is 1. The molecular weight excluding hydrogens is 368 g/mol. The van der Waals surface area contributed by atoms with Crippen molar-refractivity contribution in [2.24, 2.45) is 0 Å². The summed E-state index contributed by atoms with van der Waals surface area (Å²) in [5, 5.41) is 1.34. The summed E-state index contributed by atoms with van der Waals surface area (Å²) in [5.41, 5.74) is 2.11. The van der Waals surface area contributed by atoms with E-state index in [-0.39, 0.29) is 11.4 Å². The van der Waals surface area contributed by atoms with Gasteiger partial charge in [-0.2, -0.15) is 0 Å². The number of hydrogen-bond acceptors (Lipinski definition) is 4. The molecule has 1 fully saturated rings. The lowest BCUT2D eigenvalue weighted by Gasteiger charge is -2.50. The van der Waals surface area contributed by atoms with Crippen molar-refractivity contribution in [3.63, 3.8) is 0 Å². The van der Waals surface area contributed by atoms with Gasteiger partial charge in [0.25, 0.3) is 0 Å². The van der Waals surface area contributed by atoms with Crippen LogP contribution in [0.4, 0.5) is 0 Å². The molecule has 0 atom stereocenters. The minimum atomic E-state index is -0.225. The molecule has 2 aliphatic heterocycles. The maximum atomic E-state index is 12.7. The number of aromatic amines is 1. The van der Waals surface area contributed by atoms with Crippen molar-refractivity contribution in [1.82, 2.24) is 19.8 Å². The molecule has 2 aliphatic rings. The Morgan fingerprint density at radius 2 is 2.07 bits per heavy atom. The van der Waals surface area contributed by atoms with Crippen molar-refractivity contribution < 1.29 is 4.79 Å². The van der Waals surface area contributed by atoms with Crippen LogP contribution in [0.15, 0.2) is 36.7 Å². The SMILES string of the molecule is CCC(=O)N1CCc2[nH]cnc2C12CCN(Cc1cc3ccccc3s1)CC2. The summed E-state index contributed by atoms with van der Waals surface area (Å²) in [5.74, 6) is 0.256. The fourth-order valence-electron chi connectivity index (χ4n) is 4.96. The highest BCUT2D eigenvalue weighted by atomic mass is 32.1. The van der Waals surface area contributed by atoms with Crippen LogP contribution in [0, 0.1) is 0 Å². The van der Waals surface area contributed by atoms with E-state index in [4.69, 9.17) is 0 Å². The highest BCUT2D eigenvalue weighted by Gasteiger charge is 2.48. The first-order valence-corrected chi connectivity index (χ1v) is 11.0. The van der Waals surface area contributed by atoms with Gasteiger partial charge in [0, 0.05) is 54.3 Å². The smallest absolute Gasteiger partial charge is 0.223 e. The Balaban J connectivity index is 1.36. The standard InChI is InChI=1S/C22H26N4OS/c1-2-20(27)26-10-7-18-21(24-15-23-18)22(26)8-11-25(12-9-22)14-17-13-16-5-3-4-6-19(16)28-17/h3-6,13,15H,2,7-12,14H2,1H3,(H,23,24). The number of hydrogen-bond donors (Lipinski definition) is 1. The summed E-state index contributed by atoms with van der Waals surface area (Å²) in [7, 11) is 0. The predicted molar refractivity (Wildman–Crippen MR) is 112 cm³/mol. The van der Waals surface area contributed by atoms with E-state index in [9.17, 15) is 4.79 Å². The number of carbonyl (C=O) groups excluding carboxylic acids is 1. The zero-order chi connectivity index (χ0) is 19.1. The minimum Gasteiger partial charge on any atom is -0.348 e. The van der Waals surface area contributed by atoms with Crippen molar-refractivity contribution >= 4 is 27.3 Å². The molecule has 0 aliphatic carbocycles. The number of nitrogens with zero attached hydrogens (tertiary/aromatic N) is 3. The number of imidazole rings is 1. The zero-order valence-corrected chi connectivity index (χ0v) is 17.1. The van der Waals surface area contributed by atoms with Gasteiger partial charge in [0.15, 0.2) is 0 Å². The molecule has 4 heterocycles. The third-order valence-corrected chi connectivity index (χ3v) is 7.50. The van der Waals surface area contributed by atoms with Gasteiger partial charge in [-0.3, -0.25) is 9.69 Å². The van der Waals surface area contributed by atoms with Crippen LogP contribution in [-0.4, -0.2) is 45.3 Å². The van der Waals surface area contributed by atoms with E-state index in [0.29, 0.717) is 6.42 Å². The topological polar surface area (TPSA) is 52.2 Å². The van der Waals surface area contributed by atoms with Crippen LogP contribution in [0.2, 0.25) is 0 Å². The highest BCUT2D eigenvalue weighted by Crippen LogP contribution is 2.43. The Morgan fingerprint density at radius 1 is 1.25 bits per heavy atom. The normalized spacial score (nSPS) is 19.2. The lowest BCUT2D eigenvalue weighted by atomic mass is 9.78. The average Bonchev–Trinajstić information content (AvgIpc) is 3.36. The van der Waals surface area contributed by atoms with Crippen LogP contribution >= 0.6 is 11.3 Å². The number of benzene rings is 1. The fraction of sp³-hybridized carbons (Fsp3) is 0.455. The van der Waals surface area contributed by atoms with Gasteiger partial charge in [0.05, 0.1) is 17.6 Å². The molecule has 5 nitrogen and oxygen atoms in total. The molecule has 3 aromatic rings. The van der Waals surface area contributed by atoms with Crippen LogP contribution in [0.1, 0.15) is 42.5 Å². The van der Waals surface area contributed by atoms with Crippen LogP contribution in [0.3, 0.4) is 0 Å². The summed E-state index contributed by atoms with van der Waals surface area (Å²) in [4.78, 5) is 26.8. The summed E-state index contributed by atoms with van der Waals surface area (Å²) in [6.45, 7) is 5.75. The number of H-pyrrole nitrogens is 1.